The van der Waals surface area contributed by atoms with Crippen LogP contribution in [0.3, 0.4) is 0 Å². The molecule has 0 aromatic carbocycles. The average Bonchev–Trinajstić information content (AvgIpc) is 2.46. The fourth-order valence-corrected chi connectivity index (χ4v) is 4.39. The summed E-state index contributed by atoms with van der Waals surface area (Å²) < 4.78 is 27.6. The van der Waals surface area contributed by atoms with Crippen molar-refractivity contribution >= 4 is 14.8 Å². The number of hydrogen-bond acceptors (Lipinski definition) is 6. The van der Waals surface area contributed by atoms with Crippen molar-refractivity contribution in [1.82, 2.24) is 0 Å². The molecule has 0 unspecified atom stereocenters. The van der Waals surface area contributed by atoms with Crippen LogP contribution in [0.2, 0.25) is 6.04 Å². The molecule has 0 spiro atoms. The van der Waals surface area contributed by atoms with E-state index in [1.54, 1.807) is 6.92 Å². The van der Waals surface area contributed by atoms with Gasteiger partial charge in [0.25, 0.3) is 0 Å². The van der Waals surface area contributed by atoms with Crippen molar-refractivity contribution < 1.29 is 27.5 Å². The highest BCUT2D eigenvalue weighted by Gasteiger charge is 2.39. The van der Waals surface area contributed by atoms with E-state index < -0.39 is 8.80 Å². The lowest BCUT2D eigenvalue weighted by Gasteiger charge is -2.28. The summed E-state index contributed by atoms with van der Waals surface area (Å²) in [5.74, 6) is -0.390. The van der Waals surface area contributed by atoms with Gasteiger partial charge in [-0.3, -0.25) is 0 Å². The topological polar surface area (TPSA) is 63.2 Å². The second-order valence-electron chi connectivity index (χ2n) is 4.61. The van der Waals surface area contributed by atoms with Crippen LogP contribution in [-0.2, 0) is 27.5 Å². The second-order valence-corrected chi connectivity index (χ2v) is 7.35. The van der Waals surface area contributed by atoms with Gasteiger partial charge in [0.1, 0.15) is 6.61 Å². The molecule has 6 nitrogen and oxygen atoms in total. The first kappa shape index (κ1) is 21.3. The van der Waals surface area contributed by atoms with E-state index in [0.717, 1.165) is 6.42 Å². The van der Waals surface area contributed by atoms with Crippen molar-refractivity contribution in [3.05, 3.63) is 12.2 Å². The predicted molar refractivity (Wildman–Crippen MR) is 86.6 cm³/mol. The normalized spacial score (nSPS) is 11.5. The van der Waals surface area contributed by atoms with Crippen molar-refractivity contribution in [3.63, 3.8) is 0 Å². The van der Waals surface area contributed by atoms with Gasteiger partial charge < -0.3 is 22.8 Å². The van der Waals surface area contributed by atoms with E-state index in [9.17, 15) is 4.79 Å². The van der Waals surface area contributed by atoms with Crippen LogP contribution in [-0.4, -0.2) is 54.4 Å². The van der Waals surface area contributed by atoms with Gasteiger partial charge >= 0.3 is 14.8 Å². The van der Waals surface area contributed by atoms with Gasteiger partial charge in [-0.05, 0) is 34.1 Å². The van der Waals surface area contributed by atoms with Gasteiger partial charge in [-0.2, -0.15) is 0 Å². The van der Waals surface area contributed by atoms with Gasteiger partial charge in [0.15, 0.2) is 0 Å². The molecule has 0 rings (SSSR count). The van der Waals surface area contributed by atoms with Crippen LogP contribution in [0.1, 0.15) is 34.1 Å². The van der Waals surface area contributed by atoms with Crippen molar-refractivity contribution in [1.29, 1.82) is 0 Å². The van der Waals surface area contributed by atoms with Crippen LogP contribution < -0.4 is 0 Å². The first-order valence-electron chi connectivity index (χ1n) is 7.83. The Kier molecular flexibility index (Phi) is 12.3. The third-order valence-electron chi connectivity index (χ3n) is 2.67. The molecule has 0 aliphatic rings. The Balaban J connectivity index is 3.92. The zero-order chi connectivity index (χ0) is 16.8. The fraction of sp³-hybridized carbons (Fsp3) is 0.800. The van der Waals surface area contributed by atoms with Crippen molar-refractivity contribution in [2.45, 2.75) is 40.2 Å². The Bertz CT molecular complexity index is 304. The molecular formula is C15H30O6Si. The molecule has 0 fully saturated rings. The molecule has 0 atom stereocenters. The molecule has 0 radical (unpaired) electrons. The summed E-state index contributed by atoms with van der Waals surface area (Å²) in [5, 5.41) is 0. The molecule has 0 heterocycles. The summed E-state index contributed by atoms with van der Waals surface area (Å²) in [5.41, 5.74) is 0.390. The number of ether oxygens (including phenoxy) is 2. The minimum atomic E-state index is -2.57. The van der Waals surface area contributed by atoms with Crippen LogP contribution in [0, 0.1) is 0 Å². The van der Waals surface area contributed by atoms with Gasteiger partial charge in [-0.1, -0.05) is 6.58 Å². The average molecular weight is 334 g/mol. The number of rotatable bonds is 14. The first-order valence-corrected chi connectivity index (χ1v) is 9.76. The Hall–Kier alpha value is -0.733. The quantitative estimate of drug-likeness (QED) is 0.211. The molecule has 0 aromatic rings. The lowest BCUT2D eigenvalue weighted by Crippen LogP contribution is -2.46. The van der Waals surface area contributed by atoms with Gasteiger partial charge in [0.2, 0.25) is 0 Å². The minimum absolute atomic E-state index is 0.233. The van der Waals surface area contributed by atoms with E-state index in [1.807, 2.05) is 20.8 Å². The Morgan fingerprint density at radius 1 is 0.955 bits per heavy atom. The number of carbonyl (C=O) groups is 1. The Labute approximate surface area is 135 Å². The van der Waals surface area contributed by atoms with Crippen molar-refractivity contribution in [3.8, 4) is 0 Å². The summed E-state index contributed by atoms with van der Waals surface area (Å²) in [6.07, 6.45) is 0.778. The zero-order valence-corrected chi connectivity index (χ0v) is 15.3. The Morgan fingerprint density at radius 3 is 1.95 bits per heavy atom. The monoisotopic (exact) mass is 334 g/mol. The summed E-state index contributed by atoms with van der Waals surface area (Å²) >= 11 is 0. The molecule has 0 bridgehead atoms. The molecular weight excluding hydrogens is 304 g/mol. The molecule has 0 N–H and O–H groups in total. The summed E-state index contributed by atoms with van der Waals surface area (Å²) in [4.78, 5) is 11.2. The highest BCUT2D eigenvalue weighted by Crippen LogP contribution is 2.18. The van der Waals surface area contributed by atoms with E-state index in [0.29, 0.717) is 44.7 Å². The highest BCUT2D eigenvalue weighted by atomic mass is 28.4. The molecule has 0 aliphatic heterocycles. The van der Waals surface area contributed by atoms with E-state index in [1.165, 1.54) is 0 Å². The molecule has 0 saturated heterocycles. The first-order chi connectivity index (χ1) is 10.5. The minimum Gasteiger partial charge on any atom is -0.460 e. The lowest BCUT2D eigenvalue weighted by atomic mass is 10.4. The van der Waals surface area contributed by atoms with E-state index in [2.05, 4.69) is 6.58 Å². The Morgan fingerprint density at radius 2 is 1.50 bits per heavy atom. The van der Waals surface area contributed by atoms with E-state index in [-0.39, 0.29) is 12.6 Å². The molecule has 22 heavy (non-hydrogen) atoms. The maximum atomic E-state index is 11.2. The number of esters is 1. The molecule has 130 valence electrons. The van der Waals surface area contributed by atoms with Gasteiger partial charge in [-0.15, -0.1) is 0 Å². The summed E-state index contributed by atoms with van der Waals surface area (Å²) in [6.45, 7) is 13.8. The molecule has 7 heteroatoms. The van der Waals surface area contributed by atoms with Gasteiger partial charge in [0, 0.05) is 38.0 Å². The fourth-order valence-electron chi connectivity index (χ4n) is 1.81. The maximum Gasteiger partial charge on any atom is 0.501 e. The third kappa shape index (κ3) is 9.32. The summed E-state index contributed by atoms with van der Waals surface area (Å²) in [7, 11) is -2.57. The predicted octanol–water partition coefficient (Wildman–Crippen LogP) is 2.56. The van der Waals surface area contributed by atoms with Gasteiger partial charge in [0.05, 0.1) is 6.61 Å². The molecule has 0 aliphatic carbocycles. The lowest BCUT2D eigenvalue weighted by molar-refractivity contribution is -0.140. The zero-order valence-electron chi connectivity index (χ0n) is 14.3. The standard InChI is InChI=1S/C15H30O6Si/c1-6-19-22(20-7-2,21-8-3)13-9-10-17-11-12-18-15(16)14(4)5/h4,6-13H2,1-3,5H3. The van der Waals surface area contributed by atoms with Crippen molar-refractivity contribution in [2.75, 3.05) is 39.6 Å². The van der Waals surface area contributed by atoms with Crippen LogP contribution in [0.4, 0.5) is 0 Å². The number of hydrogen-bond donors (Lipinski definition) is 0. The van der Waals surface area contributed by atoms with E-state index >= 15 is 0 Å². The highest BCUT2D eigenvalue weighted by molar-refractivity contribution is 6.60. The van der Waals surface area contributed by atoms with Crippen LogP contribution in [0.25, 0.3) is 0 Å². The van der Waals surface area contributed by atoms with Crippen molar-refractivity contribution in [2.24, 2.45) is 0 Å². The summed E-state index contributed by atoms with van der Waals surface area (Å²) in [6, 6.07) is 0.716. The molecule has 0 amide bonds. The van der Waals surface area contributed by atoms with Crippen LogP contribution in [0.5, 0.6) is 0 Å². The second kappa shape index (κ2) is 12.8. The molecule has 0 aromatic heterocycles. The smallest absolute Gasteiger partial charge is 0.460 e. The molecule has 0 saturated carbocycles. The number of carbonyl (C=O) groups excluding carboxylic acids is 1. The largest absolute Gasteiger partial charge is 0.501 e. The SMILES string of the molecule is C=C(C)C(=O)OCCOCCC[Si](OCC)(OCC)OCC. The van der Waals surface area contributed by atoms with E-state index in [4.69, 9.17) is 22.8 Å². The van der Waals surface area contributed by atoms with Crippen LogP contribution in [0.15, 0.2) is 12.2 Å². The van der Waals surface area contributed by atoms with Gasteiger partial charge in [-0.25, -0.2) is 4.79 Å². The van der Waals surface area contributed by atoms with Crippen LogP contribution >= 0.6 is 0 Å². The maximum absolute atomic E-state index is 11.2. The third-order valence-corrected chi connectivity index (χ3v) is 5.83.